The van der Waals surface area contributed by atoms with Gasteiger partial charge in [0.25, 0.3) is 0 Å². The van der Waals surface area contributed by atoms with Gasteiger partial charge in [-0.2, -0.15) is 4.98 Å². The highest BCUT2D eigenvalue weighted by Gasteiger charge is 2.27. The number of aromatic nitrogens is 2. The Bertz CT molecular complexity index is 692. The Labute approximate surface area is 139 Å². The number of aryl methyl sites for hydroxylation is 1. The van der Waals surface area contributed by atoms with Crippen molar-refractivity contribution in [1.82, 2.24) is 9.97 Å². The third-order valence-electron chi connectivity index (χ3n) is 3.81. The molecular weight excluding hydrogens is 319 g/mol. The number of nitrogens with zero attached hydrogens (tertiary/aromatic N) is 3. The van der Waals surface area contributed by atoms with E-state index in [4.69, 9.17) is 22.1 Å². The summed E-state index contributed by atoms with van der Waals surface area (Å²) in [5, 5.41) is 0.379. The lowest BCUT2D eigenvalue weighted by atomic mass is 10.1. The van der Waals surface area contributed by atoms with Crippen molar-refractivity contribution >= 4 is 23.4 Å². The molecule has 7 heteroatoms. The van der Waals surface area contributed by atoms with Gasteiger partial charge in [0.1, 0.15) is 11.6 Å². The van der Waals surface area contributed by atoms with Crippen molar-refractivity contribution in [3.05, 3.63) is 46.4 Å². The van der Waals surface area contributed by atoms with Crippen LogP contribution in [0.15, 0.2) is 24.3 Å². The van der Waals surface area contributed by atoms with E-state index >= 15 is 0 Å². The van der Waals surface area contributed by atoms with Crippen molar-refractivity contribution in [2.45, 2.75) is 19.4 Å². The molecule has 0 aliphatic carbocycles. The molecule has 122 valence electrons. The first kappa shape index (κ1) is 16.0. The lowest BCUT2D eigenvalue weighted by Gasteiger charge is -2.31. The van der Waals surface area contributed by atoms with Gasteiger partial charge in [0.05, 0.1) is 12.6 Å². The highest BCUT2D eigenvalue weighted by atomic mass is 35.5. The number of nitrogen functional groups attached to an aromatic ring is 1. The zero-order valence-corrected chi connectivity index (χ0v) is 13.6. The van der Waals surface area contributed by atoms with Gasteiger partial charge in [-0.05, 0) is 31.0 Å². The van der Waals surface area contributed by atoms with Crippen LogP contribution in [-0.2, 0) is 4.74 Å². The molecule has 2 aromatic rings. The van der Waals surface area contributed by atoms with Crippen molar-refractivity contribution in [3.63, 3.8) is 0 Å². The number of rotatable bonds is 2. The van der Waals surface area contributed by atoms with Gasteiger partial charge in [0.2, 0.25) is 5.95 Å². The van der Waals surface area contributed by atoms with Crippen molar-refractivity contribution in [3.8, 4) is 0 Å². The first-order valence-electron chi connectivity index (χ1n) is 7.45. The highest BCUT2D eigenvalue weighted by molar-refractivity contribution is 6.31. The molecule has 3 rings (SSSR count). The maximum Gasteiger partial charge on any atom is 0.222 e. The summed E-state index contributed by atoms with van der Waals surface area (Å²) in [5.41, 5.74) is 7.39. The van der Waals surface area contributed by atoms with Gasteiger partial charge >= 0.3 is 0 Å². The largest absolute Gasteiger partial charge is 0.379 e. The van der Waals surface area contributed by atoms with Crippen LogP contribution in [0.25, 0.3) is 0 Å². The fraction of sp³-hybridized carbons (Fsp3) is 0.375. The lowest BCUT2D eigenvalue weighted by Crippen LogP contribution is -2.32. The predicted octanol–water partition coefficient (Wildman–Crippen LogP) is 3.13. The zero-order chi connectivity index (χ0) is 16.4. The monoisotopic (exact) mass is 336 g/mol. The highest BCUT2D eigenvalue weighted by Crippen LogP contribution is 2.33. The smallest absolute Gasteiger partial charge is 0.222 e. The normalized spacial score (nSPS) is 18.7. The number of hydrogen-bond donors (Lipinski definition) is 1. The van der Waals surface area contributed by atoms with Gasteiger partial charge in [0, 0.05) is 29.9 Å². The van der Waals surface area contributed by atoms with E-state index in [0.717, 1.165) is 30.0 Å². The van der Waals surface area contributed by atoms with E-state index in [1.165, 1.54) is 12.1 Å². The third-order valence-corrected chi connectivity index (χ3v) is 4.14. The number of anilines is 2. The number of nitrogens with two attached hydrogens (primary N) is 1. The standard InChI is InChI=1S/C16H18ClFN4O/c1-10-7-15(21-16(19)20-10)22-5-2-6-23-9-14(22)12-4-3-11(18)8-13(12)17/h3-4,7-8,14H,2,5-6,9H2,1H3,(H2,19,20,21)/t14-/m0/s1. The molecule has 23 heavy (non-hydrogen) atoms. The minimum Gasteiger partial charge on any atom is -0.379 e. The van der Waals surface area contributed by atoms with Crippen LogP contribution in [0.3, 0.4) is 0 Å². The minimum atomic E-state index is -0.359. The molecule has 0 amide bonds. The molecule has 1 atom stereocenters. The summed E-state index contributed by atoms with van der Waals surface area (Å²) in [5.74, 6) is 0.599. The Morgan fingerprint density at radius 2 is 2.17 bits per heavy atom. The van der Waals surface area contributed by atoms with Crippen molar-refractivity contribution in [1.29, 1.82) is 0 Å². The zero-order valence-electron chi connectivity index (χ0n) is 12.8. The molecule has 0 spiro atoms. The molecule has 1 aromatic heterocycles. The van der Waals surface area contributed by atoms with E-state index in [1.54, 1.807) is 6.07 Å². The number of ether oxygens (including phenoxy) is 1. The van der Waals surface area contributed by atoms with Crippen LogP contribution in [0.2, 0.25) is 5.02 Å². The molecule has 1 aliphatic heterocycles. The minimum absolute atomic E-state index is 0.153. The molecule has 1 aromatic carbocycles. The quantitative estimate of drug-likeness (QED) is 0.912. The van der Waals surface area contributed by atoms with Crippen molar-refractivity contribution in [2.75, 3.05) is 30.4 Å². The van der Waals surface area contributed by atoms with Crippen LogP contribution in [0.5, 0.6) is 0 Å². The van der Waals surface area contributed by atoms with Crippen LogP contribution in [-0.4, -0.2) is 29.7 Å². The van der Waals surface area contributed by atoms with Crippen LogP contribution in [0.1, 0.15) is 23.7 Å². The molecule has 2 N–H and O–H groups in total. The molecule has 0 saturated carbocycles. The topological polar surface area (TPSA) is 64.3 Å². The van der Waals surface area contributed by atoms with Gasteiger partial charge in [-0.15, -0.1) is 0 Å². The average molecular weight is 337 g/mol. The molecule has 1 saturated heterocycles. The second kappa shape index (κ2) is 6.68. The van der Waals surface area contributed by atoms with Crippen LogP contribution >= 0.6 is 11.6 Å². The summed E-state index contributed by atoms with van der Waals surface area (Å²) in [6, 6.07) is 6.15. The Balaban J connectivity index is 2.03. The maximum atomic E-state index is 13.4. The van der Waals surface area contributed by atoms with E-state index in [1.807, 2.05) is 13.0 Å². The van der Waals surface area contributed by atoms with Gasteiger partial charge < -0.3 is 15.4 Å². The van der Waals surface area contributed by atoms with E-state index in [9.17, 15) is 4.39 Å². The van der Waals surface area contributed by atoms with Gasteiger partial charge in [-0.1, -0.05) is 17.7 Å². The number of benzene rings is 1. The van der Waals surface area contributed by atoms with E-state index in [0.29, 0.717) is 18.2 Å². The van der Waals surface area contributed by atoms with Crippen molar-refractivity contribution in [2.24, 2.45) is 0 Å². The average Bonchev–Trinajstić information content (AvgIpc) is 2.72. The molecule has 2 heterocycles. The van der Waals surface area contributed by atoms with Gasteiger partial charge in [0.15, 0.2) is 0 Å². The lowest BCUT2D eigenvalue weighted by molar-refractivity contribution is 0.134. The van der Waals surface area contributed by atoms with Crippen LogP contribution in [0, 0.1) is 12.7 Å². The second-order valence-corrected chi connectivity index (χ2v) is 5.94. The Kier molecular flexibility index (Phi) is 4.63. The summed E-state index contributed by atoms with van der Waals surface area (Å²) in [6.45, 7) is 3.73. The van der Waals surface area contributed by atoms with Crippen LogP contribution < -0.4 is 10.6 Å². The Morgan fingerprint density at radius 3 is 2.91 bits per heavy atom. The molecule has 1 aliphatic rings. The van der Waals surface area contributed by atoms with Crippen LogP contribution in [0.4, 0.5) is 16.2 Å². The predicted molar refractivity (Wildman–Crippen MR) is 88.1 cm³/mol. The summed E-state index contributed by atoms with van der Waals surface area (Å²) in [7, 11) is 0. The van der Waals surface area contributed by atoms with Crippen molar-refractivity contribution < 1.29 is 9.13 Å². The van der Waals surface area contributed by atoms with Gasteiger partial charge in [-0.25, -0.2) is 9.37 Å². The fourth-order valence-electron chi connectivity index (χ4n) is 2.80. The second-order valence-electron chi connectivity index (χ2n) is 5.53. The number of hydrogen-bond acceptors (Lipinski definition) is 5. The SMILES string of the molecule is Cc1cc(N2CCCOC[C@H]2c2ccc(F)cc2Cl)nc(N)n1. The maximum absolute atomic E-state index is 13.4. The van der Waals surface area contributed by atoms with E-state index < -0.39 is 0 Å². The number of halogens is 2. The van der Waals surface area contributed by atoms with Gasteiger partial charge in [-0.3, -0.25) is 0 Å². The summed E-state index contributed by atoms with van der Waals surface area (Å²) in [4.78, 5) is 10.5. The third kappa shape index (κ3) is 3.54. The Morgan fingerprint density at radius 1 is 1.35 bits per heavy atom. The first-order valence-corrected chi connectivity index (χ1v) is 7.83. The molecule has 5 nitrogen and oxygen atoms in total. The molecule has 0 radical (unpaired) electrons. The van der Waals surface area contributed by atoms with E-state index in [-0.39, 0.29) is 17.8 Å². The molecular formula is C16H18ClFN4O. The summed E-state index contributed by atoms with van der Waals surface area (Å²) in [6.07, 6.45) is 0.859. The summed E-state index contributed by atoms with van der Waals surface area (Å²) < 4.78 is 19.0. The Hall–Kier alpha value is -1.92. The first-order chi connectivity index (χ1) is 11.0. The molecule has 0 bridgehead atoms. The summed E-state index contributed by atoms with van der Waals surface area (Å²) >= 11 is 6.25. The fourth-order valence-corrected chi connectivity index (χ4v) is 3.10. The van der Waals surface area contributed by atoms with E-state index in [2.05, 4.69) is 14.9 Å². The molecule has 1 fully saturated rings. The molecule has 0 unspecified atom stereocenters.